The molecule has 1 saturated heterocycles. The molecule has 0 atom stereocenters. The van der Waals surface area contributed by atoms with E-state index in [1.807, 2.05) is 30.0 Å². The molecule has 0 radical (unpaired) electrons. The highest BCUT2D eigenvalue weighted by molar-refractivity contribution is 5.77. The predicted molar refractivity (Wildman–Crippen MR) is 131 cm³/mol. The van der Waals surface area contributed by atoms with Gasteiger partial charge in [-0.2, -0.15) is 5.10 Å². The first kappa shape index (κ1) is 24.4. The van der Waals surface area contributed by atoms with Crippen LogP contribution in [0.3, 0.4) is 0 Å². The van der Waals surface area contributed by atoms with Gasteiger partial charge < -0.3 is 15.1 Å². The van der Waals surface area contributed by atoms with Crippen molar-refractivity contribution in [3.63, 3.8) is 0 Å². The maximum atomic E-state index is 13.4. The number of benzene rings is 1. The third kappa shape index (κ3) is 6.03. The molecule has 3 heterocycles. The third-order valence-corrected chi connectivity index (χ3v) is 6.44. The van der Waals surface area contributed by atoms with E-state index in [4.69, 9.17) is 5.10 Å². The molecular formula is C26H31FN6O2. The number of piperidine rings is 1. The molecule has 1 aliphatic rings. The van der Waals surface area contributed by atoms with Crippen LogP contribution in [0.5, 0.6) is 0 Å². The molecule has 0 unspecified atom stereocenters. The van der Waals surface area contributed by atoms with E-state index in [-0.39, 0.29) is 30.3 Å². The Kier molecular flexibility index (Phi) is 7.74. The molecule has 8 nitrogen and oxygen atoms in total. The Morgan fingerprint density at radius 2 is 1.80 bits per heavy atom. The summed E-state index contributed by atoms with van der Waals surface area (Å²) in [6.45, 7) is 3.80. The summed E-state index contributed by atoms with van der Waals surface area (Å²) in [4.78, 5) is 33.0. The molecule has 1 aromatic carbocycles. The summed E-state index contributed by atoms with van der Waals surface area (Å²) in [6.07, 6.45) is 5.43. The number of carbonyl (C=O) groups is 2. The Labute approximate surface area is 204 Å². The Morgan fingerprint density at radius 1 is 1.11 bits per heavy atom. The zero-order chi connectivity index (χ0) is 24.8. The average Bonchev–Trinajstić information content (AvgIpc) is 3.27. The van der Waals surface area contributed by atoms with E-state index in [2.05, 4.69) is 10.3 Å². The fraction of sp³-hybridized carbons (Fsp3) is 0.385. The minimum Gasteiger partial charge on any atom is -0.341 e. The molecule has 0 spiro atoms. The van der Waals surface area contributed by atoms with Crippen molar-refractivity contribution < 1.29 is 14.0 Å². The smallest absolute Gasteiger partial charge is 0.317 e. The number of hydrogen-bond acceptors (Lipinski definition) is 4. The molecule has 2 aromatic heterocycles. The van der Waals surface area contributed by atoms with E-state index in [1.165, 1.54) is 12.1 Å². The number of carbonyl (C=O) groups excluding carboxylic acids is 2. The zero-order valence-electron chi connectivity index (χ0n) is 20.2. The Balaban J connectivity index is 1.46. The van der Waals surface area contributed by atoms with Crippen LogP contribution in [0.1, 0.15) is 31.0 Å². The number of aromatic nitrogens is 3. The monoisotopic (exact) mass is 478 g/mol. The second kappa shape index (κ2) is 11.1. The molecule has 184 valence electrons. The quantitative estimate of drug-likeness (QED) is 0.565. The van der Waals surface area contributed by atoms with Gasteiger partial charge >= 0.3 is 6.03 Å². The molecule has 1 fully saturated rings. The van der Waals surface area contributed by atoms with Crippen molar-refractivity contribution >= 4 is 11.9 Å². The van der Waals surface area contributed by atoms with Crippen molar-refractivity contribution in [2.24, 2.45) is 0 Å². The van der Waals surface area contributed by atoms with Crippen molar-refractivity contribution in [1.29, 1.82) is 0 Å². The summed E-state index contributed by atoms with van der Waals surface area (Å²) >= 11 is 0. The van der Waals surface area contributed by atoms with Crippen molar-refractivity contribution in [1.82, 2.24) is 29.9 Å². The number of rotatable bonds is 7. The molecule has 9 heteroatoms. The summed E-state index contributed by atoms with van der Waals surface area (Å²) in [7, 11) is 1.80. The number of nitrogens with one attached hydrogen (secondary N) is 1. The zero-order valence-corrected chi connectivity index (χ0v) is 20.2. The Hall–Kier alpha value is -3.75. The van der Waals surface area contributed by atoms with Gasteiger partial charge in [-0.05, 0) is 55.7 Å². The van der Waals surface area contributed by atoms with Gasteiger partial charge in [0.05, 0.1) is 5.69 Å². The number of hydrogen-bond donors (Lipinski definition) is 1. The maximum Gasteiger partial charge on any atom is 0.317 e. The summed E-state index contributed by atoms with van der Waals surface area (Å²) in [5.41, 5.74) is 3.50. The second-order valence-corrected chi connectivity index (χ2v) is 8.78. The van der Waals surface area contributed by atoms with E-state index in [0.29, 0.717) is 26.1 Å². The van der Waals surface area contributed by atoms with Crippen molar-refractivity contribution in [3.05, 3.63) is 71.9 Å². The van der Waals surface area contributed by atoms with Crippen LogP contribution in [0.25, 0.3) is 11.3 Å². The Bertz CT molecular complexity index is 1140. The van der Waals surface area contributed by atoms with Crippen LogP contribution in [0.4, 0.5) is 9.18 Å². The van der Waals surface area contributed by atoms with Gasteiger partial charge in [0.2, 0.25) is 5.91 Å². The van der Waals surface area contributed by atoms with Gasteiger partial charge in [0.1, 0.15) is 12.4 Å². The van der Waals surface area contributed by atoms with E-state index < -0.39 is 0 Å². The van der Waals surface area contributed by atoms with Gasteiger partial charge in [0.15, 0.2) is 0 Å². The van der Waals surface area contributed by atoms with Crippen LogP contribution in [0, 0.1) is 5.82 Å². The van der Waals surface area contributed by atoms with Gasteiger partial charge in [-0.15, -0.1) is 0 Å². The molecule has 4 rings (SSSR count). The lowest BCUT2D eigenvalue weighted by molar-refractivity contribution is -0.133. The lowest BCUT2D eigenvalue weighted by atomic mass is 10.0. The molecule has 1 aliphatic heterocycles. The standard InChI is InChI=1S/C26H31FN6O2/c1-3-29-26(35)31(2)22-10-14-32(15-11-22)25(34)18-33-23(16-19-4-6-21(27)7-5-19)17-24(30-33)20-8-12-28-13-9-20/h4-9,12-13,17,22H,3,10-11,14-16,18H2,1-2H3,(H,29,35). The molecule has 3 amide bonds. The Morgan fingerprint density at radius 3 is 2.46 bits per heavy atom. The molecule has 35 heavy (non-hydrogen) atoms. The fourth-order valence-corrected chi connectivity index (χ4v) is 4.38. The minimum absolute atomic E-state index is 0.00570. The van der Waals surface area contributed by atoms with Gasteiger partial charge in [-0.1, -0.05) is 12.1 Å². The summed E-state index contributed by atoms with van der Waals surface area (Å²) in [6, 6.07) is 12.1. The van der Waals surface area contributed by atoms with Crippen LogP contribution < -0.4 is 5.32 Å². The number of likely N-dealkylation sites (tertiary alicyclic amines) is 1. The third-order valence-electron chi connectivity index (χ3n) is 6.44. The van der Waals surface area contributed by atoms with E-state index in [0.717, 1.165) is 35.4 Å². The first-order chi connectivity index (χ1) is 16.9. The van der Waals surface area contributed by atoms with Crippen LogP contribution in [0.15, 0.2) is 54.9 Å². The summed E-state index contributed by atoms with van der Waals surface area (Å²) < 4.78 is 15.1. The van der Waals surface area contributed by atoms with E-state index >= 15 is 0 Å². The lowest BCUT2D eigenvalue weighted by Gasteiger charge is -2.36. The van der Waals surface area contributed by atoms with Crippen molar-refractivity contribution in [2.45, 2.75) is 38.8 Å². The molecule has 0 bridgehead atoms. The predicted octanol–water partition coefficient (Wildman–Crippen LogP) is 3.33. The normalized spacial score (nSPS) is 14.1. The minimum atomic E-state index is -0.281. The van der Waals surface area contributed by atoms with Crippen molar-refractivity contribution in [2.75, 3.05) is 26.7 Å². The van der Waals surface area contributed by atoms with Crippen LogP contribution >= 0.6 is 0 Å². The number of nitrogens with zero attached hydrogens (tertiary/aromatic N) is 5. The SMILES string of the molecule is CCNC(=O)N(C)C1CCN(C(=O)Cn2nc(-c3ccncc3)cc2Cc2ccc(F)cc2)CC1. The van der Waals surface area contributed by atoms with Gasteiger partial charge in [-0.25, -0.2) is 9.18 Å². The summed E-state index contributed by atoms with van der Waals surface area (Å²) in [5, 5.41) is 7.55. The topological polar surface area (TPSA) is 83.4 Å². The number of halogens is 1. The van der Waals surface area contributed by atoms with Gasteiger partial charge in [0.25, 0.3) is 0 Å². The highest BCUT2D eigenvalue weighted by Gasteiger charge is 2.28. The second-order valence-electron chi connectivity index (χ2n) is 8.78. The number of pyridine rings is 1. The lowest BCUT2D eigenvalue weighted by Crippen LogP contribution is -2.50. The molecular weight excluding hydrogens is 447 g/mol. The molecule has 0 saturated carbocycles. The van der Waals surface area contributed by atoms with E-state index in [1.54, 1.807) is 41.2 Å². The van der Waals surface area contributed by atoms with Gasteiger partial charge in [-0.3, -0.25) is 14.5 Å². The average molecular weight is 479 g/mol. The summed E-state index contributed by atoms with van der Waals surface area (Å²) in [5.74, 6) is -0.287. The van der Waals surface area contributed by atoms with Crippen LogP contribution in [-0.2, 0) is 17.8 Å². The first-order valence-electron chi connectivity index (χ1n) is 11.9. The molecule has 0 aliphatic carbocycles. The number of urea groups is 1. The van der Waals surface area contributed by atoms with Crippen LogP contribution in [0.2, 0.25) is 0 Å². The fourth-order valence-electron chi connectivity index (χ4n) is 4.38. The molecule has 3 aromatic rings. The maximum absolute atomic E-state index is 13.4. The number of amides is 3. The van der Waals surface area contributed by atoms with Crippen LogP contribution in [-0.4, -0.2) is 69.2 Å². The van der Waals surface area contributed by atoms with Crippen molar-refractivity contribution in [3.8, 4) is 11.3 Å². The first-order valence-corrected chi connectivity index (χ1v) is 11.9. The largest absolute Gasteiger partial charge is 0.341 e. The highest BCUT2D eigenvalue weighted by atomic mass is 19.1. The highest BCUT2D eigenvalue weighted by Crippen LogP contribution is 2.22. The molecule has 1 N–H and O–H groups in total. The van der Waals surface area contributed by atoms with E-state index in [9.17, 15) is 14.0 Å². The van der Waals surface area contributed by atoms with Gasteiger partial charge in [0, 0.05) is 62.8 Å².